The molecule has 154 valence electrons. The third kappa shape index (κ3) is 3.19. The Morgan fingerprint density at radius 2 is 1.93 bits per heavy atom. The average Bonchev–Trinajstić information content (AvgIpc) is 3.46. The molecule has 2 aliphatic carbocycles. The zero-order valence-corrected chi connectivity index (χ0v) is 19.6. The SMILES string of the molecule is O=c1[nH]c2c(s1)[C@H](c1cc(Br)ccc1OCc1ccccc1)C1C3CCC(C3)C1S2. The number of halogens is 1. The lowest BCUT2D eigenvalue weighted by molar-refractivity contribution is 0.280. The van der Waals surface area contributed by atoms with Crippen LogP contribution in [-0.4, -0.2) is 10.2 Å². The van der Waals surface area contributed by atoms with Gasteiger partial charge < -0.3 is 9.72 Å². The van der Waals surface area contributed by atoms with Crippen molar-refractivity contribution < 1.29 is 4.74 Å². The first kappa shape index (κ1) is 19.2. The molecule has 2 saturated carbocycles. The summed E-state index contributed by atoms with van der Waals surface area (Å²) >= 11 is 7.02. The zero-order valence-electron chi connectivity index (χ0n) is 16.3. The van der Waals surface area contributed by atoms with E-state index in [4.69, 9.17) is 4.74 Å². The lowest BCUT2D eigenvalue weighted by atomic mass is 9.74. The molecule has 5 atom stereocenters. The molecule has 2 bridgehead atoms. The molecule has 0 spiro atoms. The molecule has 6 rings (SSSR count). The van der Waals surface area contributed by atoms with Crippen molar-refractivity contribution in [1.82, 2.24) is 4.98 Å². The Bertz CT molecular complexity index is 1140. The number of H-pyrrole nitrogens is 1. The summed E-state index contributed by atoms with van der Waals surface area (Å²) in [5.74, 6) is 3.29. The highest BCUT2D eigenvalue weighted by Gasteiger charge is 2.55. The third-order valence-corrected chi connectivity index (χ3v) is 10.1. The summed E-state index contributed by atoms with van der Waals surface area (Å²) in [7, 11) is 0. The van der Waals surface area contributed by atoms with E-state index < -0.39 is 0 Å². The van der Waals surface area contributed by atoms with Crippen molar-refractivity contribution >= 4 is 39.0 Å². The summed E-state index contributed by atoms with van der Waals surface area (Å²) in [5, 5.41) is 1.70. The second-order valence-corrected chi connectivity index (χ2v) is 11.8. The molecule has 1 aliphatic heterocycles. The number of nitrogens with one attached hydrogen (secondary N) is 1. The van der Waals surface area contributed by atoms with E-state index in [1.165, 1.54) is 41.0 Å². The van der Waals surface area contributed by atoms with Gasteiger partial charge in [-0.3, -0.25) is 4.79 Å². The maximum Gasteiger partial charge on any atom is 0.305 e. The molecular weight excluding hydrogens is 478 g/mol. The number of thiazole rings is 1. The summed E-state index contributed by atoms with van der Waals surface area (Å²) in [6, 6.07) is 16.7. The molecule has 0 saturated heterocycles. The van der Waals surface area contributed by atoms with E-state index in [1.54, 1.807) is 0 Å². The monoisotopic (exact) mass is 499 g/mol. The third-order valence-electron chi connectivity index (χ3n) is 7.01. The molecule has 1 N–H and O–H groups in total. The minimum absolute atomic E-state index is 0.0616. The van der Waals surface area contributed by atoms with Gasteiger partial charge >= 0.3 is 4.87 Å². The highest BCUT2D eigenvalue weighted by atomic mass is 79.9. The van der Waals surface area contributed by atoms with E-state index >= 15 is 0 Å². The summed E-state index contributed by atoms with van der Waals surface area (Å²) in [6.07, 6.45) is 4.00. The normalized spacial score (nSPS) is 28.9. The molecule has 30 heavy (non-hydrogen) atoms. The van der Waals surface area contributed by atoms with Gasteiger partial charge in [-0.05, 0) is 60.8 Å². The molecule has 6 heteroatoms. The average molecular weight is 500 g/mol. The molecule has 2 aromatic carbocycles. The van der Waals surface area contributed by atoms with E-state index in [0.717, 1.165) is 32.6 Å². The number of ether oxygens (including phenoxy) is 1. The predicted octanol–water partition coefficient (Wildman–Crippen LogP) is 6.43. The number of benzene rings is 2. The van der Waals surface area contributed by atoms with Gasteiger partial charge in [-0.15, -0.1) is 11.8 Å². The first-order valence-electron chi connectivity index (χ1n) is 10.5. The maximum absolute atomic E-state index is 12.3. The Morgan fingerprint density at radius 3 is 2.80 bits per heavy atom. The smallest absolute Gasteiger partial charge is 0.305 e. The number of hydrogen-bond donors (Lipinski definition) is 1. The van der Waals surface area contributed by atoms with Crippen LogP contribution in [0.5, 0.6) is 5.75 Å². The van der Waals surface area contributed by atoms with E-state index in [-0.39, 0.29) is 10.8 Å². The number of aromatic nitrogens is 1. The highest BCUT2D eigenvalue weighted by Crippen LogP contribution is 2.64. The Hall–Kier alpha value is -1.50. The quantitative estimate of drug-likeness (QED) is 0.449. The minimum Gasteiger partial charge on any atom is -0.489 e. The van der Waals surface area contributed by atoms with Crippen LogP contribution in [0.15, 0.2) is 62.8 Å². The van der Waals surface area contributed by atoms with Gasteiger partial charge in [0.2, 0.25) is 0 Å². The summed E-state index contributed by atoms with van der Waals surface area (Å²) < 4.78 is 7.43. The predicted molar refractivity (Wildman–Crippen MR) is 126 cm³/mol. The van der Waals surface area contributed by atoms with Crippen molar-refractivity contribution in [2.75, 3.05) is 0 Å². The van der Waals surface area contributed by atoms with E-state index in [1.807, 2.05) is 30.0 Å². The minimum atomic E-state index is 0.0616. The van der Waals surface area contributed by atoms with Gasteiger partial charge in [0, 0.05) is 26.1 Å². The standard InChI is InChI=1S/C24H22BrNO2S2/c25-16-8-9-18(28-12-13-4-2-1-3-5-13)17(11-16)20-19-14-6-7-15(10-14)21(19)29-23-22(20)30-24(27)26-23/h1-5,8-9,11,14-15,19-21H,6-7,10,12H2,(H,26,27)/t14?,15?,19?,20-,21?/m1/s1. The van der Waals surface area contributed by atoms with Crippen molar-refractivity contribution in [3.63, 3.8) is 0 Å². The Morgan fingerprint density at radius 1 is 1.10 bits per heavy atom. The van der Waals surface area contributed by atoms with Crippen LogP contribution >= 0.6 is 39.0 Å². The fourth-order valence-electron chi connectivity index (χ4n) is 5.83. The van der Waals surface area contributed by atoms with Gasteiger partial charge in [0.25, 0.3) is 0 Å². The van der Waals surface area contributed by atoms with Crippen LogP contribution in [-0.2, 0) is 6.61 Å². The van der Waals surface area contributed by atoms with Crippen molar-refractivity contribution in [2.24, 2.45) is 17.8 Å². The van der Waals surface area contributed by atoms with Crippen molar-refractivity contribution in [2.45, 2.75) is 42.1 Å². The van der Waals surface area contributed by atoms with Gasteiger partial charge in [0.1, 0.15) is 12.4 Å². The molecule has 3 nitrogen and oxygen atoms in total. The fraction of sp³-hybridized carbons (Fsp3) is 0.375. The van der Waals surface area contributed by atoms with E-state index in [2.05, 4.69) is 51.2 Å². The molecule has 4 unspecified atom stereocenters. The van der Waals surface area contributed by atoms with Gasteiger partial charge in [0.15, 0.2) is 0 Å². The lowest BCUT2D eigenvalue weighted by Gasteiger charge is -2.40. The summed E-state index contributed by atoms with van der Waals surface area (Å²) in [4.78, 5) is 16.7. The van der Waals surface area contributed by atoms with Gasteiger partial charge in [0.05, 0.1) is 5.03 Å². The first-order chi connectivity index (χ1) is 14.7. The molecule has 1 aromatic heterocycles. The van der Waals surface area contributed by atoms with Gasteiger partial charge in [-0.2, -0.15) is 0 Å². The van der Waals surface area contributed by atoms with E-state index in [9.17, 15) is 4.79 Å². The second-order valence-electron chi connectivity index (χ2n) is 8.64. The molecule has 0 amide bonds. The number of thioether (sulfide) groups is 1. The molecular formula is C24H22BrNO2S2. The maximum atomic E-state index is 12.3. The summed E-state index contributed by atoms with van der Waals surface area (Å²) in [5.41, 5.74) is 2.38. The van der Waals surface area contributed by atoms with Crippen molar-refractivity contribution in [3.8, 4) is 5.75 Å². The molecule has 2 fully saturated rings. The van der Waals surface area contributed by atoms with Crippen LogP contribution in [0.2, 0.25) is 0 Å². The van der Waals surface area contributed by atoms with Gasteiger partial charge in [-0.1, -0.05) is 57.6 Å². The second kappa shape index (κ2) is 7.57. The molecule has 0 radical (unpaired) electrons. The van der Waals surface area contributed by atoms with Crippen LogP contribution in [0.4, 0.5) is 0 Å². The van der Waals surface area contributed by atoms with Crippen molar-refractivity contribution in [3.05, 3.63) is 78.7 Å². The number of aromatic amines is 1. The van der Waals surface area contributed by atoms with Crippen LogP contribution in [0, 0.1) is 17.8 Å². The molecule has 3 aromatic rings. The Labute approximate surface area is 192 Å². The lowest BCUT2D eigenvalue weighted by Crippen LogP contribution is -2.33. The molecule has 3 aliphatic rings. The number of rotatable bonds is 4. The highest BCUT2D eigenvalue weighted by molar-refractivity contribution is 9.10. The van der Waals surface area contributed by atoms with Crippen LogP contribution in [0.25, 0.3) is 0 Å². The zero-order chi connectivity index (χ0) is 20.2. The Balaban J connectivity index is 1.44. The van der Waals surface area contributed by atoms with E-state index in [0.29, 0.717) is 17.8 Å². The van der Waals surface area contributed by atoms with Crippen LogP contribution < -0.4 is 9.61 Å². The van der Waals surface area contributed by atoms with Crippen LogP contribution in [0.3, 0.4) is 0 Å². The summed E-state index contributed by atoms with van der Waals surface area (Å²) in [6.45, 7) is 0.549. The first-order valence-corrected chi connectivity index (χ1v) is 13.0. The largest absolute Gasteiger partial charge is 0.489 e. The number of fused-ring (bicyclic) bond motifs is 6. The Kier molecular flexibility index (Phi) is 4.85. The van der Waals surface area contributed by atoms with Crippen LogP contribution in [0.1, 0.15) is 41.2 Å². The fourth-order valence-corrected chi connectivity index (χ4v) is 9.09. The number of hydrogen-bond acceptors (Lipinski definition) is 4. The van der Waals surface area contributed by atoms with Crippen molar-refractivity contribution in [1.29, 1.82) is 0 Å². The van der Waals surface area contributed by atoms with Gasteiger partial charge in [-0.25, -0.2) is 0 Å². The molecule has 2 heterocycles. The topological polar surface area (TPSA) is 42.1 Å².